The lowest BCUT2D eigenvalue weighted by Crippen LogP contribution is -2.74. The van der Waals surface area contributed by atoms with Gasteiger partial charge in [-0.05, 0) is 28.8 Å². The number of rotatable bonds is 9. The van der Waals surface area contributed by atoms with Gasteiger partial charge in [0.1, 0.15) is 18.0 Å². The third-order valence-electron chi connectivity index (χ3n) is 7.29. The van der Waals surface area contributed by atoms with Crippen LogP contribution in [-0.4, -0.2) is 76.6 Å². The summed E-state index contributed by atoms with van der Waals surface area (Å²) < 4.78 is 19.0. The highest BCUT2D eigenvalue weighted by Crippen LogP contribution is 2.34. The number of amides is 4. The fourth-order valence-electron chi connectivity index (χ4n) is 5.29. The Kier molecular flexibility index (Phi) is 9.12. The number of ether oxygens (including phenoxy) is 1. The minimum Gasteiger partial charge on any atom is -0.375 e. The molecule has 3 aromatic rings. The van der Waals surface area contributed by atoms with Crippen molar-refractivity contribution in [2.24, 2.45) is 0 Å². The largest absolute Gasteiger partial charge is 0.375 e. The number of terminal acetylenes is 1. The van der Waals surface area contributed by atoms with Crippen LogP contribution in [-0.2, 0) is 27.5 Å². The summed E-state index contributed by atoms with van der Waals surface area (Å²) in [5, 5.41) is 5.96. The van der Waals surface area contributed by atoms with Crippen molar-refractivity contribution in [1.82, 2.24) is 25.1 Å². The molecule has 2 aliphatic rings. The first kappa shape index (κ1) is 28.8. The molecule has 1 N–H and O–H groups in total. The average Bonchev–Trinajstić information content (AvgIpc) is 3.00. The minimum atomic E-state index is -0.924. The topological polar surface area (TPSA) is 85.4 Å². The molecule has 2 saturated heterocycles. The number of urea groups is 1. The predicted molar refractivity (Wildman–Crippen MR) is 153 cm³/mol. The van der Waals surface area contributed by atoms with E-state index in [1.807, 2.05) is 48.5 Å². The number of carbonyl (C=O) groups excluding carboxylic acids is 3. The molecule has 3 aromatic carbocycles. The number of benzene rings is 3. The molecule has 10 heteroatoms. The predicted octanol–water partition coefficient (Wildman–Crippen LogP) is 3.16. The molecule has 0 unspecified atom stereocenters. The van der Waals surface area contributed by atoms with E-state index in [0.29, 0.717) is 5.56 Å². The molecule has 0 aliphatic carbocycles. The number of hydrogen-bond acceptors (Lipinski definition) is 5. The van der Waals surface area contributed by atoms with Gasteiger partial charge in [-0.25, -0.2) is 14.2 Å². The van der Waals surface area contributed by atoms with E-state index in [1.165, 1.54) is 22.0 Å². The molecule has 216 valence electrons. The van der Waals surface area contributed by atoms with E-state index in [-0.39, 0.29) is 63.6 Å². The van der Waals surface area contributed by atoms with Crippen LogP contribution in [0.4, 0.5) is 9.18 Å². The molecule has 42 heavy (non-hydrogen) atoms. The molecule has 0 saturated carbocycles. The van der Waals surface area contributed by atoms with Crippen molar-refractivity contribution in [1.29, 1.82) is 0 Å². The van der Waals surface area contributed by atoms with Gasteiger partial charge in [-0.1, -0.05) is 78.7 Å². The molecule has 5 rings (SSSR count). The standard InChI is InChI=1S/C32H32FN5O4/c1-2-17-36-22-29(39)37-28(38(36)32(41)34-20-24-9-5-3-6-10-24)21-35(31(40)30(37)26-11-7-4-8-12-26)18-19-42-23-25-13-15-27(33)16-14-25/h1,3-16,28,30H,17-23H2,(H,34,41)/t28-,30-/m0/s1. The maximum atomic E-state index is 13.9. The zero-order valence-electron chi connectivity index (χ0n) is 23.1. The van der Waals surface area contributed by atoms with Crippen molar-refractivity contribution < 1.29 is 23.5 Å². The monoisotopic (exact) mass is 569 g/mol. The van der Waals surface area contributed by atoms with Crippen molar-refractivity contribution >= 4 is 17.8 Å². The van der Waals surface area contributed by atoms with Crippen molar-refractivity contribution in [3.8, 4) is 12.3 Å². The summed E-state index contributed by atoms with van der Waals surface area (Å²) in [6, 6.07) is 23.2. The van der Waals surface area contributed by atoms with E-state index in [9.17, 15) is 18.8 Å². The second-order valence-corrected chi connectivity index (χ2v) is 10.1. The van der Waals surface area contributed by atoms with Crippen molar-refractivity contribution in [2.45, 2.75) is 25.4 Å². The van der Waals surface area contributed by atoms with Gasteiger partial charge in [0.05, 0.1) is 32.8 Å². The summed E-state index contributed by atoms with van der Waals surface area (Å²) in [5.41, 5.74) is 2.37. The first-order valence-corrected chi connectivity index (χ1v) is 13.7. The van der Waals surface area contributed by atoms with E-state index in [0.717, 1.165) is 11.1 Å². The number of nitrogens with one attached hydrogen (secondary N) is 1. The van der Waals surface area contributed by atoms with Gasteiger partial charge < -0.3 is 19.9 Å². The SMILES string of the molecule is C#CCN1CC(=O)N2[C@@H](c3ccccc3)C(=O)N(CCOCc3ccc(F)cc3)C[C@@H]2N1C(=O)NCc1ccccc1. The fourth-order valence-corrected chi connectivity index (χ4v) is 5.29. The maximum Gasteiger partial charge on any atom is 0.334 e. The molecular weight excluding hydrogens is 537 g/mol. The van der Waals surface area contributed by atoms with Crippen LogP contribution in [0.3, 0.4) is 0 Å². The maximum absolute atomic E-state index is 13.9. The van der Waals surface area contributed by atoms with E-state index in [1.54, 1.807) is 34.2 Å². The molecule has 2 aliphatic heterocycles. The van der Waals surface area contributed by atoms with Gasteiger partial charge in [-0.2, -0.15) is 5.01 Å². The van der Waals surface area contributed by atoms with Gasteiger partial charge in [-0.15, -0.1) is 6.42 Å². The Bertz CT molecular complexity index is 1430. The summed E-state index contributed by atoms with van der Waals surface area (Å²) in [4.78, 5) is 44.3. The molecule has 2 fully saturated rings. The Hall–Kier alpha value is -4.72. The Labute approximate surface area is 244 Å². The third kappa shape index (κ3) is 6.43. The number of hydrogen-bond donors (Lipinski definition) is 1. The van der Waals surface area contributed by atoms with Gasteiger partial charge >= 0.3 is 6.03 Å². The smallest absolute Gasteiger partial charge is 0.334 e. The molecule has 4 amide bonds. The van der Waals surface area contributed by atoms with Crippen molar-refractivity contribution in [2.75, 3.05) is 32.8 Å². The summed E-state index contributed by atoms with van der Waals surface area (Å²) in [6.45, 7) is 0.950. The third-order valence-corrected chi connectivity index (χ3v) is 7.29. The number of nitrogens with zero attached hydrogens (tertiary/aromatic N) is 4. The lowest BCUT2D eigenvalue weighted by atomic mass is 9.99. The van der Waals surface area contributed by atoms with Crippen LogP contribution in [0.25, 0.3) is 0 Å². The second kappa shape index (κ2) is 13.3. The quantitative estimate of drug-likeness (QED) is 0.316. The summed E-state index contributed by atoms with van der Waals surface area (Å²) in [6.07, 6.45) is 4.83. The van der Waals surface area contributed by atoms with Crippen LogP contribution in [0, 0.1) is 18.2 Å². The van der Waals surface area contributed by atoms with Crippen LogP contribution < -0.4 is 5.32 Å². The molecule has 9 nitrogen and oxygen atoms in total. The number of hydrazine groups is 1. The van der Waals surface area contributed by atoms with Crippen LogP contribution in [0.5, 0.6) is 0 Å². The number of halogens is 1. The van der Waals surface area contributed by atoms with Crippen LogP contribution >= 0.6 is 0 Å². The molecule has 0 radical (unpaired) electrons. The van der Waals surface area contributed by atoms with Gasteiger partial charge in [0.25, 0.3) is 0 Å². The van der Waals surface area contributed by atoms with Crippen LogP contribution in [0.15, 0.2) is 84.9 Å². The number of fused-ring (bicyclic) bond motifs is 1. The highest BCUT2D eigenvalue weighted by molar-refractivity contribution is 5.92. The molecule has 0 spiro atoms. The van der Waals surface area contributed by atoms with Crippen molar-refractivity contribution in [3.05, 3.63) is 107 Å². The van der Waals surface area contributed by atoms with E-state index in [2.05, 4.69) is 11.2 Å². The highest BCUT2D eigenvalue weighted by Gasteiger charge is 2.51. The van der Waals surface area contributed by atoms with E-state index >= 15 is 0 Å². The average molecular weight is 570 g/mol. The molecule has 0 bridgehead atoms. The molecular formula is C32H32FN5O4. The van der Waals surface area contributed by atoms with Gasteiger partial charge in [0.2, 0.25) is 11.8 Å². The molecule has 0 aromatic heterocycles. The minimum absolute atomic E-state index is 0.0412. The lowest BCUT2D eigenvalue weighted by Gasteiger charge is -2.54. The number of carbonyl (C=O) groups is 3. The Balaban J connectivity index is 1.39. The van der Waals surface area contributed by atoms with Gasteiger partial charge in [-0.3, -0.25) is 9.59 Å². The zero-order valence-corrected chi connectivity index (χ0v) is 23.1. The van der Waals surface area contributed by atoms with Crippen LogP contribution in [0.2, 0.25) is 0 Å². The lowest BCUT2D eigenvalue weighted by molar-refractivity contribution is -0.190. The van der Waals surface area contributed by atoms with Gasteiger partial charge in [0, 0.05) is 13.1 Å². The van der Waals surface area contributed by atoms with E-state index in [4.69, 9.17) is 11.2 Å². The molecule has 2 heterocycles. The van der Waals surface area contributed by atoms with E-state index < -0.39 is 18.2 Å². The zero-order chi connectivity index (χ0) is 29.5. The highest BCUT2D eigenvalue weighted by atomic mass is 19.1. The van der Waals surface area contributed by atoms with Crippen molar-refractivity contribution in [3.63, 3.8) is 0 Å². The van der Waals surface area contributed by atoms with Gasteiger partial charge in [0.15, 0.2) is 0 Å². The summed E-state index contributed by atoms with van der Waals surface area (Å²) in [7, 11) is 0. The fraction of sp³-hybridized carbons (Fsp3) is 0.281. The Morgan fingerprint density at radius 1 is 0.976 bits per heavy atom. The first-order valence-electron chi connectivity index (χ1n) is 13.7. The van der Waals surface area contributed by atoms with Crippen LogP contribution in [0.1, 0.15) is 22.7 Å². The summed E-state index contributed by atoms with van der Waals surface area (Å²) >= 11 is 0. The first-order chi connectivity index (χ1) is 20.5. The normalized spacial score (nSPS) is 18.9. The summed E-state index contributed by atoms with van der Waals surface area (Å²) in [5.74, 6) is 1.67. The second-order valence-electron chi connectivity index (χ2n) is 10.1. The number of piperazine rings is 1. The Morgan fingerprint density at radius 3 is 2.36 bits per heavy atom. The Morgan fingerprint density at radius 2 is 1.67 bits per heavy atom. The molecule has 2 atom stereocenters.